The Kier molecular flexibility index (Phi) is 5.40. The van der Waals surface area contributed by atoms with Crippen molar-refractivity contribution in [3.8, 4) is 11.5 Å². The third kappa shape index (κ3) is 4.02. The van der Waals surface area contributed by atoms with Gasteiger partial charge in [0.15, 0.2) is 11.5 Å². The molecule has 1 atom stereocenters. The maximum Gasteiger partial charge on any atom is 0.163 e. The van der Waals surface area contributed by atoms with Crippen molar-refractivity contribution in [1.82, 2.24) is 0 Å². The summed E-state index contributed by atoms with van der Waals surface area (Å²) in [6.45, 7) is 11.0. The molecule has 0 aliphatic carbocycles. The Bertz CT molecular complexity index is 363. The van der Waals surface area contributed by atoms with E-state index in [2.05, 4.69) is 11.9 Å². The van der Waals surface area contributed by atoms with Crippen molar-refractivity contribution in [3.05, 3.63) is 30.9 Å². The molecule has 0 aliphatic heterocycles. The fourth-order valence-corrected chi connectivity index (χ4v) is 1.46. The first-order chi connectivity index (χ1) is 8.21. The highest BCUT2D eigenvalue weighted by Gasteiger charge is 2.06. The molecule has 1 aromatic rings. The summed E-state index contributed by atoms with van der Waals surface area (Å²) in [5.41, 5.74) is 1.00. The molecule has 0 aliphatic rings. The number of nitrogens with one attached hydrogen (secondary N) is 1. The SMILES string of the molecule is C=CC(C)Nc1ccc(OCC)c(OCC)c1. The molecule has 0 spiro atoms. The van der Waals surface area contributed by atoms with Crippen molar-refractivity contribution < 1.29 is 9.47 Å². The van der Waals surface area contributed by atoms with E-state index < -0.39 is 0 Å². The number of ether oxygens (including phenoxy) is 2. The average molecular weight is 235 g/mol. The van der Waals surface area contributed by atoms with Crippen LogP contribution in [0.25, 0.3) is 0 Å². The molecule has 0 bridgehead atoms. The summed E-state index contributed by atoms with van der Waals surface area (Å²) in [6, 6.07) is 6.08. The van der Waals surface area contributed by atoms with Crippen molar-refractivity contribution >= 4 is 5.69 Å². The lowest BCUT2D eigenvalue weighted by Crippen LogP contribution is -2.11. The van der Waals surface area contributed by atoms with Crippen molar-refractivity contribution in [2.24, 2.45) is 0 Å². The van der Waals surface area contributed by atoms with Crippen LogP contribution in [0.3, 0.4) is 0 Å². The standard InChI is InChI=1S/C14H21NO2/c1-5-11(4)15-12-8-9-13(16-6-2)14(10-12)17-7-3/h5,8-11,15H,1,6-7H2,2-4H3. The van der Waals surface area contributed by atoms with Gasteiger partial charge in [0.1, 0.15) is 0 Å². The lowest BCUT2D eigenvalue weighted by molar-refractivity contribution is 0.288. The summed E-state index contributed by atoms with van der Waals surface area (Å²) in [4.78, 5) is 0. The molecule has 1 N–H and O–H groups in total. The molecule has 1 aromatic carbocycles. The van der Waals surface area contributed by atoms with E-state index in [0.717, 1.165) is 17.2 Å². The van der Waals surface area contributed by atoms with Crippen molar-refractivity contribution in [1.29, 1.82) is 0 Å². The molecule has 94 valence electrons. The second-order valence-electron chi connectivity index (χ2n) is 3.70. The molecule has 0 saturated heterocycles. The summed E-state index contributed by atoms with van der Waals surface area (Å²) < 4.78 is 11.1. The van der Waals surface area contributed by atoms with Gasteiger partial charge in [0.25, 0.3) is 0 Å². The third-order valence-electron chi connectivity index (χ3n) is 2.29. The van der Waals surface area contributed by atoms with Gasteiger partial charge < -0.3 is 14.8 Å². The Labute approximate surface area is 103 Å². The normalized spacial score (nSPS) is 11.7. The lowest BCUT2D eigenvalue weighted by Gasteiger charge is -2.15. The van der Waals surface area contributed by atoms with E-state index in [-0.39, 0.29) is 6.04 Å². The minimum absolute atomic E-state index is 0.224. The molecule has 1 unspecified atom stereocenters. The molecule has 3 heteroatoms. The number of rotatable bonds is 7. The van der Waals surface area contributed by atoms with Gasteiger partial charge in [-0.2, -0.15) is 0 Å². The molecule has 0 saturated carbocycles. The summed E-state index contributed by atoms with van der Waals surface area (Å²) >= 11 is 0. The zero-order valence-corrected chi connectivity index (χ0v) is 10.8. The van der Waals surface area contributed by atoms with Gasteiger partial charge in [-0.05, 0) is 32.9 Å². The van der Waals surface area contributed by atoms with E-state index in [4.69, 9.17) is 9.47 Å². The largest absolute Gasteiger partial charge is 0.490 e. The molecule has 0 heterocycles. The number of anilines is 1. The van der Waals surface area contributed by atoms with Gasteiger partial charge in [0.2, 0.25) is 0 Å². The van der Waals surface area contributed by atoms with Crippen molar-refractivity contribution in [2.75, 3.05) is 18.5 Å². The predicted molar refractivity (Wildman–Crippen MR) is 72.1 cm³/mol. The molecule has 1 rings (SSSR count). The first-order valence-electron chi connectivity index (χ1n) is 6.00. The predicted octanol–water partition coefficient (Wildman–Crippen LogP) is 3.47. The number of hydrogen-bond acceptors (Lipinski definition) is 3. The minimum Gasteiger partial charge on any atom is -0.490 e. The minimum atomic E-state index is 0.224. The van der Waals surface area contributed by atoms with Crippen LogP contribution in [0.4, 0.5) is 5.69 Å². The van der Waals surface area contributed by atoms with E-state index in [9.17, 15) is 0 Å². The Balaban J connectivity index is 2.87. The number of benzene rings is 1. The van der Waals surface area contributed by atoms with Gasteiger partial charge in [-0.1, -0.05) is 6.08 Å². The molecular weight excluding hydrogens is 214 g/mol. The summed E-state index contributed by atoms with van der Waals surface area (Å²) in [5, 5.41) is 3.31. The van der Waals surface area contributed by atoms with Crippen molar-refractivity contribution in [2.45, 2.75) is 26.8 Å². The fourth-order valence-electron chi connectivity index (χ4n) is 1.46. The fraction of sp³-hybridized carbons (Fsp3) is 0.429. The van der Waals surface area contributed by atoms with Crippen LogP contribution in [0.5, 0.6) is 11.5 Å². The highest BCUT2D eigenvalue weighted by molar-refractivity contribution is 5.55. The van der Waals surface area contributed by atoms with Gasteiger partial charge in [0.05, 0.1) is 13.2 Å². The van der Waals surface area contributed by atoms with E-state index >= 15 is 0 Å². The Morgan fingerprint density at radius 3 is 2.47 bits per heavy atom. The molecule has 0 fully saturated rings. The van der Waals surface area contributed by atoms with Crippen LogP contribution in [-0.4, -0.2) is 19.3 Å². The van der Waals surface area contributed by atoms with E-state index in [1.807, 2.05) is 45.0 Å². The smallest absolute Gasteiger partial charge is 0.163 e. The van der Waals surface area contributed by atoms with E-state index in [1.54, 1.807) is 0 Å². The second-order valence-corrected chi connectivity index (χ2v) is 3.70. The van der Waals surface area contributed by atoms with E-state index in [1.165, 1.54) is 0 Å². The molecule has 0 amide bonds. The molecule has 0 radical (unpaired) electrons. The molecule has 3 nitrogen and oxygen atoms in total. The topological polar surface area (TPSA) is 30.5 Å². The van der Waals surface area contributed by atoms with Crippen LogP contribution in [-0.2, 0) is 0 Å². The van der Waals surface area contributed by atoms with Gasteiger partial charge in [0, 0.05) is 17.8 Å². The molecular formula is C14H21NO2. The van der Waals surface area contributed by atoms with E-state index in [0.29, 0.717) is 13.2 Å². The van der Waals surface area contributed by atoms with Crippen LogP contribution in [0.15, 0.2) is 30.9 Å². The van der Waals surface area contributed by atoms with Crippen LogP contribution in [0.2, 0.25) is 0 Å². The Hall–Kier alpha value is -1.64. The first-order valence-corrected chi connectivity index (χ1v) is 6.00. The first kappa shape index (κ1) is 13.4. The van der Waals surface area contributed by atoms with Gasteiger partial charge >= 0.3 is 0 Å². The van der Waals surface area contributed by atoms with Crippen LogP contribution < -0.4 is 14.8 Å². The summed E-state index contributed by atoms with van der Waals surface area (Å²) in [6.07, 6.45) is 1.86. The third-order valence-corrected chi connectivity index (χ3v) is 2.29. The lowest BCUT2D eigenvalue weighted by atomic mass is 10.2. The quantitative estimate of drug-likeness (QED) is 0.734. The molecule has 17 heavy (non-hydrogen) atoms. The Morgan fingerprint density at radius 2 is 1.88 bits per heavy atom. The maximum atomic E-state index is 5.55. The summed E-state index contributed by atoms with van der Waals surface area (Å²) in [7, 11) is 0. The highest BCUT2D eigenvalue weighted by atomic mass is 16.5. The summed E-state index contributed by atoms with van der Waals surface area (Å²) in [5.74, 6) is 1.56. The monoisotopic (exact) mass is 235 g/mol. The van der Waals surface area contributed by atoms with Gasteiger partial charge in [-0.15, -0.1) is 6.58 Å². The van der Waals surface area contributed by atoms with Crippen LogP contribution >= 0.6 is 0 Å². The maximum absolute atomic E-state index is 5.55. The molecule has 0 aromatic heterocycles. The zero-order chi connectivity index (χ0) is 12.7. The number of hydrogen-bond donors (Lipinski definition) is 1. The van der Waals surface area contributed by atoms with Gasteiger partial charge in [-0.25, -0.2) is 0 Å². The van der Waals surface area contributed by atoms with Crippen LogP contribution in [0.1, 0.15) is 20.8 Å². The second kappa shape index (κ2) is 6.84. The van der Waals surface area contributed by atoms with Gasteiger partial charge in [-0.3, -0.25) is 0 Å². The highest BCUT2D eigenvalue weighted by Crippen LogP contribution is 2.30. The van der Waals surface area contributed by atoms with Crippen LogP contribution in [0, 0.1) is 0 Å². The Morgan fingerprint density at radius 1 is 1.24 bits per heavy atom. The zero-order valence-electron chi connectivity index (χ0n) is 10.8. The van der Waals surface area contributed by atoms with Crippen molar-refractivity contribution in [3.63, 3.8) is 0 Å². The average Bonchev–Trinajstić information content (AvgIpc) is 2.33.